The standard InChI is InChI=1S/C14H17BrN2O/c1-14(2,3)6-7-17-9-16-12-8-10(15)4-5-11(12)13(17)18/h4-5,8-9H,6-7H2,1-3H3. The van der Waals surface area contributed by atoms with E-state index in [9.17, 15) is 4.79 Å². The molecule has 0 aliphatic carbocycles. The third kappa shape index (κ3) is 2.99. The zero-order valence-corrected chi connectivity index (χ0v) is 12.5. The van der Waals surface area contributed by atoms with Crippen molar-refractivity contribution in [1.82, 2.24) is 9.55 Å². The van der Waals surface area contributed by atoms with Gasteiger partial charge in [-0.25, -0.2) is 4.98 Å². The van der Waals surface area contributed by atoms with Crippen LogP contribution in [0.25, 0.3) is 10.9 Å². The average Bonchev–Trinajstić information content (AvgIpc) is 2.26. The highest BCUT2D eigenvalue weighted by molar-refractivity contribution is 9.10. The van der Waals surface area contributed by atoms with Crippen molar-refractivity contribution in [2.24, 2.45) is 5.41 Å². The van der Waals surface area contributed by atoms with E-state index >= 15 is 0 Å². The largest absolute Gasteiger partial charge is 0.299 e. The molecule has 2 aromatic rings. The van der Waals surface area contributed by atoms with Gasteiger partial charge in [-0.1, -0.05) is 36.7 Å². The highest BCUT2D eigenvalue weighted by atomic mass is 79.9. The minimum atomic E-state index is 0.0387. The first-order valence-electron chi connectivity index (χ1n) is 6.01. The van der Waals surface area contributed by atoms with Crippen LogP contribution in [0, 0.1) is 5.41 Å². The molecular formula is C14H17BrN2O. The topological polar surface area (TPSA) is 34.9 Å². The Kier molecular flexibility index (Phi) is 3.57. The highest BCUT2D eigenvalue weighted by Gasteiger charge is 2.11. The van der Waals surface area contributed by atoms with Crippen molar-refractivity contribution in [3.05, 3.63) is 39.4 Å². The van der Waals surface area contributed by atoms with E-state index in [1.54, 1.807) is 10.9 Å². The zero-order valence-electron chi connectivity index (χ0n) is 10.9. The molecule has 1 aromatic carbocycles. The molecule has 0 radical (unpaired) electrons. The molecule has 0 bridgehead atoms. The van der Waals surface area contributed by atoms with E-state index < -0.39 is 0 Å². The highest BCUT2D eigenvalue weighted by Crippen LogP contribution is 2.19. The smallest absolute Gasteiger partial charge is 0.261 e. The van der Waals surface area contributed by atoms with Gasteiger partial charge in [0.15, 0.2) is 0 Å². The second-order valence-electron chi connectivity index (χ2n) is 5.72. The number of aromatic nitrogens is 2. The summed E-state index contributed by atoms with van der Waals surface area (Å²) in [6.45, 7) is 7.22. The molecule has 1 aromatic heterocycles. The fourth-order valence-electron chi connectivity index (χ4n) is 1.75. The molecule has 0 saturated heterocycles. The van der Waals surface area contributed by atoms with Crippen LogP contribution in [0.1, 0.15) is 27.2 Å². The number of nitrogens with zero attached hydrogens (tertiary/aromatic N) is 2. The minimum Gasteiger partial charge on any atom is -0.299 e. The summed E-state index contributed by atoms with van der Waals surface area (Å²) in [4.78, 5) is 16.6. The van der Waals surface area contributed by atoms with Crippen molar-refractivity contribution in [3.63, 3.8) is 0 Å². The summed E-state index contributed by atoms with van der Waals surface area (Å²) in [7, 11) is 0. The molecule has 0 aliphatic heterocycles. The molecule has 0 unspecified atom stereocenters. The number of aryl methyl sites for hydroxylation is 1. The zero-order chi connectivity index (χ0) is 13.3. The predicted molar refractivity (Wildman–Crippen MR) is 77.8 cm³/mol. The minimum absolute atomic E-state index is 0.0387. The predicted octanol–water partition coefficient (Wildman–Crippen LogP) is 3.60. The van der Waals surface area contributed by atoms with Gasteiger partial charge in [0, 0.05) is 11.0 Å². The van der Waals surface area contributed by atoms with E-state index in [1.807, 2.05) is 18.2 Å². The molecule has 0 aliphatic rings. The molecule has 3 nitrogen and oxygen atoms in total. The Morgan fingerprint density at radius 1 is 1.33 bits per heavy atom. The first kappa shape index (κ1) is 13.3. The van der Waals surface area contributed by atoms with Crippen molar-refractivity contribution in [3.8, 4) is 0 Å². The molecule has 0 amide bonds. The third-order valence-corrected chi connectivity index (χ3v) is 3.38. The Labute approximate surface area is 115 Å². The monoisotopic (exact) mass is 308 g/mol. The van der Waals surface area contributed by atoms with Crippen LogP contribution in [0.5, 0.6) is 0 Å². The lowest BCUT2D eigenvalue weighted by molar-refractivity contribution is 0.347. The third-order valence-electron chi connectivity index (χ3n) is 2.89. The van der Waals surface area contributed by atoms with Crippen LogP contribution in [0.3, 0.4) is 0 Å². The SMILES string of the molecule is CC(C)(C)CCn1cnc2cc(Br)ccc2c1=O. The second kappa shape index (κ2) is 4.84. The van der Waals surface area contributed by atoms with Gasteiger partial charge in [0.2, 0.25) is 0 Å². The number of benzene rings is 1. The van der Waals surface area contributed by atoms with Gasteiger partial charge in [-0.05, 0) is 30.0 Å². The Bertz CT molecular complexity index is 626. The van der Waals surface area contributed by atoms with Gasteiger partial charge < -0.3 is 0 Å². The summed E-state index contributed by atoms with van der Waals surface area (Å²) in [6, 6.07) is 5.56. The van der Waals surface area contributed by atoms with Gasteiger partial charge in [-0.2, -0.15) is 0 Å². The van der Waals surface area contributed by atoms with Crippen LogP contribution in [0.2, 0.25) is 0 Å². The lowest BCUT2D eigenvalue weighted by Crippen LogP contribution is -2.23. The molecule has 1 heterocycles. The summed E-state index contributed by atoms with van der Waals surface area (Å²) in [5, 5.41) is 0.676. The molecule has 96 valence electrons. The van der Waals surface area contributed by atoms with Gasteiger partial charge >= 0.3 is 0 Å². The van der Waals surface area contributed by atoms with Crippen molar-refractivity contribution in [2.75, 3.05) is 0 Å². The summed E-state index contributed by atoms with van der Waals surface area (Å²) in [5.41, 5.74) is 0.992. The lowest BCUT2D eigenvalue weighted by atomic mass is 9.92. The number of hydrogen-bond donors (Lipinski definition) is 0. The van der Waals surface area contributed by atoms with Crippen molar-refractivity contribution in [1.29, 1.82) is 0 Å². The fourth-order valence-corrected chi connectivity index (χ4v) is 2.10. The van der Waals surface area contributed by atoms with Gasteiger partial charge in [0.1, 0.15) is 0 Å². The molecule has 0 fully saturated rings. The maximum Gasteiger partial charge on any atom is 0.261 e. The summed E-state index contributed by atoms with van der Waals surface area (Å²) in [6.07, 6.45) is 2.60. The average molecular weight is 309 g/mol. The van der Waals surface area contributed by atoms with Crippen LogP contribution in [0.15, 0.2) is 33.8 Å². The second-order valence-corrected chi connectivity index (χ2v) is 6.63. The van der Waals surface area contributed by atoms with E-state index in [0.717, 1.165) is 16.4 Å². The molecule has 0 saturated carbocycles. The van der Waals surface area contributed by atoms with Crippen molar-refractivity contribution >= 4 is 26.8 Å². The first-order valence-corrected chi connectivity index (χ1v) is 6.81. The van der Waals surface area contributed by atoms with Crippen LogP contribution in [0.4, 0.5) is 0 Å². The van der Waals surface area contributed by atoms with Crippen molar-refractivity contribution < 1.29 is 0 Å². The van der Waals surface area contributed by atoms with Crippen molar-refractivity contribution in [2.45, 2.75) is 33.7 Å². The van der Waals surface area contributed by atoms with Gasteiger partial charge in [0.25, 0.3) is 5.56 Å². The maximum absolute atomic E-state index is 12.3. The number of hydrogen-bond acceptors (Lipinski definition) is 2. The lowest BCUT2D eigenvalue weighted by Gasteiger charge is -2.18. The van der Waals surface area contributed by atoms with Gasteiger partial charge in [-0.3, -0.25) is 9.36 Å². The molecule has 4 heteroatoms. The number of fused-ring (bicyclic) bond motifs is 1. The van der Waals surface area contributed by atoms with E-state index in [0.29, 0.717) is 11.9 Å². The van der Waals surface area contributed by atoms with E-state index in [1.165, 1.54) is 0 Å². The van der Waals surface area contributed by atoms with E-state index in [2.05, 4.69) is 41.7 Å². The van der Waals surface area contributed by atoms with Gasteiger partial charge in [0.05, 0.1) is 17.2 Å². The van der Waals surface area contributed by atoms with Crippen LogP contribution in [-0.2, 0) is 6.54 Å². The van der Waals surface area contributed by atoms with Crippen LogP contribution in [-0.4, -0.2) is 9.55 Å². The molecule has 0 atom stereocenters. The molecule has 2 rings (SSSR count). The summed E-state index contributed by atoms with van der Waals surface area (Å²) < 4.78 is 2.64. The normalized spacial score (nSPS) is 12.0. The quantitative estimate of drug-likeness (QED) is 0.849. The summed E-state index contributed by atoms with van der Waals surface area (Å²) >= 11 is 3.38. The maximum atomic E-state index is 12.3. The van der Waals surface area contributed by atoms with E-state index in [4.69, 9.17) is 0 Å². The first-order chi connectivity index (χ1) is 8.37. The molecule has 18 heavy (non-hydrogen) atoms. The number of rotatable bonds is 2. The van der Waals surface area contributed by atoms with Crippen LogP contribution < -0.4 is 5.56 Å². The Hall–Kier alpha value is -1.16. The summed E-state index contributed by atoms with van der Waals surface area (Å²) in [5.74, 6) is 0. The Morgan fingerprint density at radius 3 is 2.72 bits per heavy atom. The van der Waals surface area contributed by atoms with Gasteiger partial charge in [-0.15, -0.1) is 0 Å². The fraction of sp³-hybridized carbons (Fsp3) is 0.429. The Balaban J connectivity index is 2.40. The number of halogens is 1. The Morgan fingerprint density at radius 2 is 2.06 bits per heavy atom. The van der Waals surface area contributed by atoms with E-state index in [-0.39, 0.29) is 11.0 Å². The molecule has 0 spiro atoms. The molecule has 0 N–H and O–H groups in total. The van der Waals surface area contributed by atoms with Crippen LogP contribution >= 0.6 is 15.9 Å². The molecular weight excluding hydrogens is 292 g/mol.